The smallest absolute Gasteiger partial charge is 0.407 e. The van der Waals surface area contributed by atoms with Gasteiger partial charge in [0.25, 0.3) is 0 Å². The lowest BCUT2D eigenvalue weighted by Gasteiger charge is -2.31. The number of nitriles is 1. The van der Waals surface area contributed by atoms with Gasteiger partial charge in [-0.05, 0) is 40.0 Å². The van der Waals surface area contributed by atoms with E-state index in [9.17, 15) is 14.9 Å². The van der Waals surface area contributed by atoms with Gasteiger partial charge in [0.2, 0.25) is 5.91 Å². The van der Waals surface area contributed by atoms with E-state index in [1.807, 2.05) is 0 Å². The molecule has 0 unspecified atom stereocenters. The maximum absolute atomic E-state index is 11.9. The topological polar surface area (TPSA) is 91.2 Å². The standard InChI is InChI=1S/C16H27N3O3/c1-15(2,3)22-14(21)18-11-7-8-13(20)19-16(12-17)9-5-4-6-10-16/h4-11H2,1-3H3,(H,18,21)(H,19,20). The van der Waals surface area contributed by atoms with Crippen LogP contribution in [-0.2, 0) is 9.53 Å². The maximum atomic E-state index is 11.9. The van der Waals surface area contributed by atoms with E-state index >= 15 is 0 Å². The molecule has 124 valence electrons. The zero-order chi connectivity index (χ0) is 16.6. The Morgan fingerprint density at radius 2 is 1.86 bits per heavy atom. The van der Waals surface area contributed by atoms with Crippen LogP contribution in [0.25, 0.3) is 0 Å². The zero-order valence-electron chi connectivity index (χ0n) is 13.8. The number of ether oxygens (including phenoxy) is 1. The molecule has 6 heteroatoms. The van der Waals surface area contributed by atoms with Gasteiger partial charge < -0.3 is 15.4 Å². The van der Waals surface area contributed by atoms with Gasteiger partial charge in [-0.15, -0.1) is 0 Å². The van der Waals surface area contributed by atoms with Crippen molar-refractivity contribution in [1.29, 1.82) is 5.26 Å². The summed E-state index contributed by atoms with van der Waals surface area (Å²) in [4.78, 5) is 23.4. The predicted molar refractivity (Wildman–Crippen MR) is 83.0 cm³/mol. The molecule has 2 amide bonds. The Labute approximate surface area is 132 Å². The van der Waals surface area contributed by atoms with Crippen LogP contribution in [0, 0.1) is 11.3 Å². The van der Waals surface area contributed by atoms with E-state index < -0.39 is 17.2 Å². The van der Waals surface area contributed by atoms with Crippen molar-refractivity contribution in [2.24, 2.45) is 0 Å². The number of alkyl carbamates (subject to hydrolysis) is 1. The highest BCUT2D eigenvalue weighted by atomic mass is 16.6. The Hall–Kier alpha value is -1.77. The number of amides is 2. The van der Waals surface area contributed by atoms with Gasteiger partial charge in [0.15, 0.2) is 0 Å². The first-order valence-electron chi connectivity index (χ1n) is 7.95. The summed E-state index contributed by atoms with van der Waals surface area (Å²) in [6.45, 7) is 5.77. The Balaban J connectivity index is 2.23. The molecule has 22 heavy (non-hydrogen) atoms. The summed E-state index contributed by atoms with van der Waals surface area (Å²) in [7, 11) is 0. The molecule has 1 rings (SSSR count). The molecule has 1 fully saturated rings. The highest BCUT2D eigenvalue weighted by molar-refractivity contribution is 5.77. The van der Waals surface area contributed by atoms with E-state index in [2.05, 4.69) is 16.7 Å². The Kier molecular flexibility index (Phi) is 6.66. The molecule has 1 aliphatic carbocycles. The number of hydrogen-bond acceptors (Lipinski definition) is 4. The fraction of sp³-hybridized carbons (Fsp3) is 0.812. The predicted octanol–water partition coefficient (Wildman–Crippen LogP) is 2.63. The van der Waals surface area contributed by atoms with Gasteiger partial charge in [0, 0.05) is 13.0 Å². The maximum Gasteiger partial charge on any atom is 0.407 e. The van der Waals surface area contributed by atoms with Crippen LogP contribution >= 0.6 is 0 Å². The fourth-order valence-electron chi connectivity index (χ4n) is 2.50. The summed E-state index contributed by atoms with van der Waals surface area (Å²) in [5.74, 6) is -0.130. The van der Waals surface area contributed by atoms with Gasteiger partial charge in [-0.1, -0.05) is 19.3 Å². The molecule has 0 spiro atoms. The normalized spacial score (nSPS) is 17.2. The lowest BCUT2D eigenvalue weighted by Crippen LogP contribution is -2.48. The summed E-state index contributed by atoms with van der Waals surface area (Å²) in [6.07, 6.45) is 4.87. The lowest BCUT2D eigenvalue weighted by atomic mass is 9.83. The molecular formula is C16H27N3O3. The molecule has 1 aliphatic rings. The fourth-order valence-corrected chi connectivity index (χ4v) is 2.50. The van der Waals surface area contributed by atoms with Crippen molar-refractivity contribution in [3.63, 3.8) is 0 Å². The number of carbonyl (C=O) groups excluding carboxylic acids is 2. The average Bonchev–Trinajstić information content (AvgIpc) is 2.43. The highest BCUT2D eigenvalue weighted by Crippen LogP contribution is 2.27. The molecule has 0 saturated heterocycles. The van der Waals surface area contributed by atoms with Crippen LogP contribution in [0.3, 0.4) is 0 Å². The lowest BCUT2D eigenvalue weighted by molar-refractivity contribution is -0.122. The van der Waals surface area contributed by atoms with Crippen molar-refractivity contribution < 1.29 is 14.3 Å². The number of carbonyl (C=O) groups is 2. The Bertz CT molecular complexity index is 429. The van der Waals surface area contributed by atoms with E-state index in [1.165, 1.54) is 0 Å². The van der Waals surface area contributed by atoms with Crippen molar-refractivity contribution in [2.75, 3.05) is 6.54 Å². The number of nitrogens with zero attached hydrogens (tertiary/aromatic N) is 1. The molecule has 0 atom stereocenters. The number of hydrogen-bond donors (Lipinski definition) is 2. The summed E-state index contributed by atoms with van der Waals surface area (Å²) >= 11 is 0. The summed E-state index contributed by atoms with van der Waals surface area (Å²) in [5, 5.41) is 14.8. The molecule has 0 aromatic rings. The Morgan fingerprint density at radius 3 is 2.41 bits per heavy atom. The molecule has 0 bridgehead atoms. The quantitative estimate of drug-likeness (QED) is 0.764. The molecule has 0 radical (unpaired) electrons. The van der Waals surface area contributed by atoms with Crippen LogP contribution in [0.5, 0.6) is 0 Å². The van der Waals surface area contributed by atoms with Crippen LogP contribution < -0.4 is 10.6 Å². The number of nitrogens with one attached hydrogen (secondary N) is 2. The molecule has 2 N–H and O–H groups in total. The van der Waals surface area contributed by atoms with Crippen molar-refractivity contribution in [3.05, 3.63) is 0 Å². The molecule has 0 aromatic heterocycles. The van der Waals surface area contributed by atoms with Crippen molar-refractivity contribution in [2.45, 2.75) is 76.9 Å². The number of rotatable bonds is 5. The van der Waals surface area contributed by atoms with E-state index in [-0.39, 0.29) is 5.91 Å². The van der Waals surface area contributed by atoms with Crippen molar-refractivity contribution in [1.82, 2.24) is 10.6 Å². The van der Waals surface area contributed by atoms with E-state index in [1.54, 1.807) is 20.8 Å². The minimum Gasteiger partial charge on any atom is -0.444 e. The van der Waals surface area contributed by atoms with Gasteiger partial charge in [-0.3, -0.25) is 4.79 Å². The second kappa shape index (κ2) is 8.02. The van der Waals surface area contributed by atoms with Crippen LogP contribution in [0.2, 0.25) is 0 Å². The van der Waals surface area contributed by atoms with Crippen LogP contribution in [0.4, 0.5) is 4.79 Å². The monoisotopic (exact) mass is 309 g/mol. The first kappa shape index (κ1) is 18.3. The third kappa shape index (κ3) is 6.79. The van der Waals surface area contributed by atoms with Crippen molar-refractivity contribution >= 4 is 12.0 Å². The summed E-state index contributed by atoms with van der Waals surface area (Å²) in [6, 6.07) is 2.26. The molecule has 6 nitrogen and oxygen atoms in total. The average molecular weight is 309 g/mol. The SMILES string of the molecule is CC(C)(C)OC(=O)NCCCC(=O)NC1(C#N)CCCCC1. The van der Waals surface area contributed by atoms with Crippen LogP contribution in [0.15, 0.2) is 0 Å². The third-order valence-corrected chi connectivity index (χ3v) is 3.55. The van der Waals surface area contributed by atoms with Gasteiger partial charge >= 0.3 is 6.09 Å². The minimum absolute atomic E-state index is 0.130. The Morgan fingerprint density at radius 1 is 1.23 bits per heavy atom. The first-order valence-corrected chi connectivity index (χ1v) is 7.95. The summed E-state index contributed by atoms with van der Waals surface area (Å²) in [5.41, 5.74) is -1.21. The van der Waals surface area contributed by atoms with E-state index in [0.717, 1.165) is 32.1 Å². The van der Waals surface area contributed by atoms with E-state index in [4.69, 9.17) is 4.74 Å². The second-order valence-electron chi connectivity index (χ2n) is 6.83. The molecule has 0 aliphatic heterocycles. The van der Waals surface area contributed by atoms with Gasteiger partial charge in [0.1, 0.15) is 11.1 Å². The molecule has 1 saturated carbocycles. The zero-order valence-corrected chi connectivity index (χ0v) is 13.8. The van der Waals surface area contributed by atoms with Gasteiger partial charge in [0.05, 0.1) is 6.07 Å². The van der Waals surface area contributed by atoms with E-state index in [0.29, 0.717) is 19.4 Å². The minimum atomic E-state index is -0.687. The van der Waals surface area contributed by atoms with Gasteiger partial charge in [-0.2, -0.15) is 5.26 Å². The molecular weight excluding hydrogens is 282 g/mol. The first-order chi connectivity index (χ1) is 10.3. The van der Waals surface area contributed by atoms with Gasteiger partial charge in [-0.25, -0.2) is 4.79 Å². The molecule has 0 aromatic carbocycles. The highest BCUT2D eigenvalue weighted by Gasteiger charge is 2.33. The summed E-state index contributed by atoms with van der Waals surface area (Å²) < 4.78 is 5.11. The second-order valence-corrected chi connectivity index (χ2v) is 6.83. The van der Waals surface area contributed by atoms with Crippen LogP contribution in [-0.4, -0.2) is 29.7 Å². The van der Waals surface area contributed by atoms with Crippen LogP contribution in [0.1, 0.15) is 65.7 Å². The van der Waals surface area contributed by atoms with Crippen molar-refractivity contribution in [3.8, 4) is 6.07 Å². The molecule has 0 heterocycles. The third-order valence-electron chi connectivity index (χ3n) is 3.55. The largest absolute Gasteiger partial charge is 0.444 e.